The van der Waals surface area contributed by atoms with Crippen molar-refractivity contribution in [2.75, 3.05) is 0 Å². The molecule has 21 heavy (non-hydrogen) atoms. The van der Waals surface area contributed by atoms with Crippen LogP contribution in [0.15, 0.2) is 16.6 Å². The highest BCUT2D eigenvalue weighted by molar-refractivity contribution is 9.10. The molecule has 114 valence electrons. The van der Waals surface area contributed by atoms with Gasteiger partial charge in [-0.05, 0) is 55.4 Å². The number of carbonyl (C=O) groups is 2. The van der Waals surface area contributed by atoms with Crippen LogP contribution in [-0.4, -0.2) is 16.9 Å². The number of ketones is 1. The monoisotopic (exact) mass is 352 g/mol. The summed E-state index contributed by atoms with van der Waals surface area (Å²) in [6, 6.07) is 3.87. The fraction of sp³-hybridized carbons (Fsp3) is 0.529. The van der Waals surface area contributed by atoms with Gasteiger partial charge in [0.1, 0.15) is 0 Å². The second-order valence-corrected chi connectivity index (χ2v) is 7.15. The number of halogens is 1. The molecule has 1 aliphatic rings. The van der Waals surface area contributed by atoms with Gasteiger partial charge in [-0.15, -0.1) is 0 Å². The van der Waals surface area contributed by atoms with Crippen molar-refractivity contribution in [3.05, 3.63) is 33.3 Å². The number of aliphatic carboxylic acids is 1. The lowest BCUT2D eigenvalue weighted by molar-refractivity contribution is -0.139. The number of rotatable bonds is 5. The molecule has 0 saturated heterocycles. The van der Waals surface area contributed by atoms with Crippen LogP contribution in [0, 0.1) is 19.3 Å². The maximum atomic E-state index is 12.7. The molecule has 1 N–H and O–H groups in total. The molecule has 1 aliphatic carbocycles. The quantitative estimate of drug-likeness (QED) is 0.783. The van der Waals surface area contributed by atoms with Gasteiger partial charge in [0.2, 0.25) is 0 Å². The lowest BCUT2D eigenvalue weighted by Crippen LogP contribution is -2.25. The minimum atomic E-state index is -0.798. The average Bonchev–Trinajstić information content (AvgIpc) is 2.80. The van der Waals surface area contributed by atoms with Crippen LogP contribution in [0.4, 0.5) is 0 Å². The Hall–Kier alpha value is -1.16. The van der Waals surface area contributed by atoms with Gasteiger partial charge in [-0.3, -0.25) is 9.59 Å². The van der Waals surface area contributed by atoms with Crippen molar-refractivity contribution in [1.29, 1.82) is 0 Å². The first-order valence-corrected chi connectivity index (χ1v) is 8.14. The van der Waals surface area contributed by atoms with Gasteiger partial charge < -0.3 is 5.11 Å². The highest BCUT2D eigenvalue weighted by Crippen LogP contribution is 2.45. The number of hydrogen-bond donors (Lipinski definition) is 1. The minimum absolute atomic E-state index is 0.0752. The highest BCUT2D eigenvalue weighted by atomic mass is 79.9. The third-order valence-corrected chi connectivity index (χ3v) is 5.39. The zero-order valence-corrected chi connectivity index (χ0v) is 14.1. The number of aryl methyl sites for hydroxylation is 2. The summed E-state index contributed by atoms with van der Waals surface area (Å²) in [5.74, 6) is -0.723. The summed E-state index contributed by atoms with van der Waals surface area (Å²) in [5, 5.41) is 9.14. The number of carboxylic acids is 1. The summed E-state index contributed by atoms with van der Waals surface area (Å²) in [7, 11) is 0. The third-order valence-electron chi connectivity index (χ3n) is 4.53. The van der Waals surface area contributed by atoms with E-state index in [-0.39, 0.29) is 17.6 Å². The van der Waals surface area contributed by atoms with Gasteiger partial charge in [0.25, 0.3) is 0 Å². The van der Waals surface area contributed by atoms with E-state index < -0.39 is 5.97 Å². The summed E-state index contributed by atoms with van der Waals surface area (Å²) in [4.78, 5) is 23.8. The third kappa shape index (κ3) is 3.73. The number of hydrogen-bond acceptors (Lipinski definition) is 2. The molecule has 1 fully saturated rings. The summed E-state index contributed by atoms with van der Waals surface area (Å²) < 4.78 is 0.998. The first kappa shape index (κ1) is 16.2. The van der Waals surface area contributed by atoms with Crippen LogP contribution < -0.4 is 0 Å². The van der Waals surface area contributed by atoms with Crippen LogP contribution in [0.1, 0.15) is 60.0 Å². The smallest absolute Gasteiger partial charge is 0.303 e. The Morgan fingerprint density at radius 2 is 1.76 bits per heavy atom. The van der Waals surface area contributed by atoms with Crippen molar-refractivity contribution in [2.24, 2.45) is 5.41 Å². The molecule has 0 spiro atoms. The van der Waals surface area contributed by atoms with Crippen LogP contribution in [-0.2, 0) is 4.79 Å². The van der Waals surface area contributed by atoms with Crippen molar-refractivity contribution in [3.8, 4) is 0 Å². The zero-order chi connectivity index (χ0) is 15.6. The Bertz CT molecular complexity index is 572. The number of Topliss-reactive ketones (excluding diaryl/α,β-unsaturated/α-hetero) is 1. The van der Waals surface area contributed by atoms with Crippen LogP contribution in [0.5, 0.6) is 0 Å². The molecule has 3 nitrogen and oxygen atoms in total. The van der Waals surface area contributed by atoms with E-state index in [0.29, 0.717) is 6.42 Å². The molecule has 0 radical (unpaired) electrons. The van der Waals surface area contributed by atoms with E-state index in [1.165, 1.54) is 0 Å². The maximum Gasteiger partial charge on any atom is 0.303 e. The second-order valence-electron chi connectivity index (χ2n) is 6.29. The standard InChI is InChI=1S/C17H21BrO3/c1-11-8-14(18)12(2)7-13(11)15(19)9-17(10-16(20)21)5-3-4-6-17/h7-8H,3-6,9-10H2,1-2H3,(H,20,21). The first-order chi connectivity index (χ1) is 9.83. The molecule has 0 atom stereocenters. The van der Waals surface area contributed by atoms with Crippen LogP contribution >= 0.6 is 15.9 Å². The van der Waals surface area contributed by atoms with Crippen molar-refractivity contribution < 1.29 is 14.7 Å². The number of benzene rings is 1. The zero-order valence-electron chi connectivity index (χ0n) is 12.5. The molecule has 0 amide bonds. The molecule has 0 aliphatic heterocycles. The summed E-state index contributed by atoms with van der Waals surface area (Å²) >= 11 is 3.47. The first-order valence-electron chi connectivity index (χ1n) is 7.35. The Morgan fingerprint density at radius 1 is 1.14 bits per heavy atom. The fourth-order valence-electron chi connectivity index (χ4n) is 3.38. The van der Waals surface area contributed by atoms with Gasteiger partial charge >= 0.3 is 5.97 Å². The largest absolute Gasteiger partial charge is 0.481 e. The number of carbonyl (C=O) groups excluding carboxylic acids is 1. The molecular formula is C17H21BrO3. The normalized spacial score (nSPS) is 16.9. The lowest BCUT2D eigenvalue weighted by Gasteiger charge is -2.26. The van der Waals surface area contributed by atoms with Crippen LogP contribution in [0.3, 0.4) is 0 Å². The lowest BCUT2D eigenvalue weighted by atomic mass is 9.77. The Morgan fingerprint density at radius 3 is 2.33 bits per heavy atom. The van der Waals surface area contributed by atoms with Gasteiger partial charge in [-0.2, -0.15) is 0 Å². The van der Waals surface area contributed by atoms with E-state index in [1.54, 1.807) is 0 Å². The van der Waals surface area contributed by atoms with Gasteiger partial charge in [-0.1, -0.05) is 28.8 Å². The summed E-state index contributed by atoms with van der Waals surface area (Å²) in [6.07, 6.45) is 4.20. The Balaban J connectivity index is 2.24. The molecule has 1 aromatic carbocycles. The molecule has 0 aromatic heterocycles. The van der Waals surface area contributed by atoms with Crippen molar-refractivity contribution >= 4 is 27.7 Å². The molecule has 4 heteroatoms. The van der Waals surface area contributed by atoms with Crippen molar-refractivity contribution in [3.63, 3.8) is 0 Å². The van der Waals surface area contributed by atoms with Gasteiger partial charge in [0.05, 0.1) is 6.42 Å². The Kier molecular flexibility index (Phi) is 4.87. The molecule has 0 unspecified atom stereocenters. The van der Waals surface area contributed by atoms with E-state index >= 15 is 0 Å². The molecule has 0 bridgehead atoms. The Labute approximate surface area is 133 Å². The van der Waals surface area contributed by atoms with Crippen LogP contribution in [0.25, 0.3) is 0 Å². The van der Waals surface area contributed by atoms with Crippen molar-refractivity contribution in [1.82, 2.24) is 0 Å². The molecule has 0 heterocycles. The van der Waals surface area contributed by atoms with Crippen molar-refractivity contribution in [2.45, 2.75) is 52.4 Å². The summed E-state index contributed by atoms with van der Waals surface area (Å²) in [5.41, 5.74) is 2.37. The summed E-state index contributed by atoms with van der Waals surface area (Å²) in [6.45, 7) is 3.89. The molecule has 2 rings (SSSR count). The minimum Gasteiger partial charge on any atom is -0.481 e. The number of carboxylic acid groups (broad SMARTS) is 1. The van der Waals surface area contributed by atoms with Gasteiger partial charge in [-0.25, -0.2) is 0 Å². The topological polar surface area (TPSA) is 54.4 Å². The second kappa shape index (κ2) is 6.30. The van der Waals surface area contributed by atoms with E-state index in [2.05, 4.69) is 15.9 Å². The SMILES string of the molecule is Cc1cc(C(=O)CC2(CC(=O)O)CCCC2)c(C)cc1Br. The van der Waals surface area contributed by atoms with Crippen LogP contribution in [0.2, 0.25) is 0 Å². The molecular weight excluding hydrogens is 332 g/mol. The van der Waals surface area contributed by atoms with Gasteiger partial charge in [0.15, 0.2) is 5.78 Å². The molecule has 1 aromatic rings. The van der Waals surface area contributed by atoms with E-state index in [4.69, 9.17) is 5.11 Å². The predicted molar refractivity (Wildman–Crippen MR) is 85.7 cm³/mol. The predicted octanol–water partition coefficient (Wildman–Crippen LogP) is 4.67. The van der Waals surface area contributed by atoms with E-state index in [0.717, 1.165) is 46.8 Å². The van der Waals surface area contributed by atoms with Gasteiger partial charge in [0, 0.05) is 16.5 Å². The molecule has 1 saturated carbocycles. The highest BCUT2D eigenvalue weighted by Gasteiger charge is 2.38. The average molecular weight is 353 g/mol. The fourth-order valence-corrected chi connectivity index (χ4v) is 3.84. The van der Waals surface area contributed by atoms with E-state index in [9.17, 15) is 9.59 Å². The maximum absolute atomic E-state index is 12.7. The van der Waals surface area contributed by atoms with E-state index in [1.807, 2.05) is 26.0 Å².